The SMILES string of the molecule is CCCCOc1ccc(/C=N\NC(=O)C(=O)NC(C)C)cc1. The van der Waals surface area contributed by atoms with E-state index in [-0.39, 0.29) is 6.04 Å². The smallest absolute Gasteiger partial charge is 0.329 e. The molecule has 0 saturated heterocycles. The Morgan fingerprint density at radius 2 is 1.91 bits per heavy atom. The van der Waals surface area contributed by atoms with Crippen LogP contribution in [0.2, 0.25) is 0 Å². The highest BCUT2D eigenvalue weighted by Crippen LogP contribution is 2.11. The Morgan fingerprint density at radius 1 is 1.23 bits per heavy atom. The lowest BCUT2D eigenvalue weighted by Gasteiger charge is -2.06. The molecule has 0 radical (unpaired) electrons. The van der Waals surface area contributed by atoms with E-state index in [0.717, 1.165) is 24.2 Å². The van der Waals surface area contributed by atoms with Crippen LogP contribution in [0.25, 0.3) is 0 Å². The van der Waals surface area contributed by atoms with Gasteiger partial charge in [0.05, 0.1) is 12.8 Å². The number of carbonyl (C=O) groups is 2. The van der Waals surface area contributed by atoms with E-state index in [1.54, 1.807) is 13.8 Å². The van der Waals surface area contributed by atoms with Gasteiger partial charge in [-0.25, -0.2) is 5.43 Å². The average molecular weight is 305 g/mol. The number of carbonyl (C=O) groups excluding carboxylic acids is 2. The minimum atomic E-state index is -0.788. The first-order valence-electron chi connectivity index (χ1n) is 7.39. The van der Waals surface area contributed by atoms with Crippen LogP contribution in [0.15, 0.2) is 29.4 Å². The number of hydrogen-bond donors (Lipinski definition) is 2. The fourth-order valence-electron chi connectivity index (χ4n) is 1.53. The Hall–Kier alpha value is -2.37. The molecule has 6 nitrogen and oxygen atoms in total. The summed E-state index contributed by atoms with van der Waals surface area (Å²) in [4.78, 5) is 22.8. The molecule has 0 saturated carbocycles. The van der Waals surface area contributed by atoms with Gasteiger partial charge in [-0.05, 0) is 50.1 Å². The van der Waals surface area contributed by atoms with Gasteiger partial charge in [-0.1, -0.05) is 13.3 Å². The van der Waals surface area contributed by atoms with E-state index < -0.39 is 11.8 Å². The molecule has 0 bridgehead atoms. The summed E-state index contributed by atoms with van der Waals surface area (Å²) in [5.74, 6) is -0.692. The van der Waals surface area contributed by atoms with Crippen molar-refractivity contribution in [3.8, 4) is 5.75 Å². The monoisotopic (exact) mass is 305 g/mol. The second-order valence-corrected chi connectivity index (χ2v) is 5.10. The van der Waals surface area contributed by atoms with Crippen molar-refractivity contribution in [2.45, 2.75) is 39.7 Å². The van der Waals surface area contributed by atoms with Gasteiger partial charge in [-0.3, -0.25) is 9.59 Å². The molecule has 0 aromatic heterocycles. The number of amides is 2. The predicted molar refractivity (Wildman–Crippen MR) is 85.9 cm³/mol. The third-order valence-electron chi connectivity index (χ3n) is 2.65. The molecule has 6 heteroatoms. The Bertz CT molecular complexity index is 510. The van der Waals surface area contributed by atoms with Crippen molar-refractivity contribution in [3.63, 3.8) is 0 Å². The van der Waals surface area contributed by atoms with Crippen LogP contribution < -0.4 is 15.5 Å². The Balaban J connectivity index is 2.43. The van der Waals surface area contributed by atoms with Crippen molar-refractivity contribution in [3.05, 3.63) is 29.8 Å². The molecule has 0 aliphatic carbocycles. The Morgan fingerprint density at radius 3 is 2.50 bits per heavy atom. The number of rotatable bonds is 7. The molecule has 1 aromatic carbocycles. The van der Waals surface area contributed by atoms with E-state index in [1.165, 1.54) is 6.21 Å². The normalized spacial score (nSPS) is 10.7. The van der Waals surface area contributed by atoms with Crippen LogP contribution in [0.3, 0.4) is 0 Å². The minimum absolute atomic E-state index is 0.0949. The lowest BCUT2D eigenvalue weighted by atomic mass is 10.2. The quantitative estimate of drug-likeness (QED) is 0.349. The van der Waals surface area contributed by atoms with Crippen LogP contribution in [0, 0.1) is 0 Å². The minimum Gasteiger partial charge on any atom is -0.494 e. The molecule has 0 unspecified atom stereocenters. The highest BCUT2D eigenvalue weighted by Gasteiger charge is 2.12. The summed E-state index contributed by atoms with van der Waals surface area (Å²) in [6.07, 6.45) is 3.58. The first kappa shape index (κ1) is 17.7. The third kappa shape index (κ3) is 6.88. The molecule has 0 spiro atoms. The number of benzene rings is 1. The maximum Gasteiger partial charge on any atom is 0.329 e. The zero-order valence-electron chi connectivity index (χ0n) is 13.3. The largest absolute Gasteiger partial charge is 0.494 e. The number of nitrogens with zero attached hydrogens (tertiary/aromatic N) is 1. The molecule has 0 atom stereocenters. The maximum absolute atomic E-state index is 11.4. The van der Waals surface area contributed by atoms with E-state index >= 15 is 0 Å². The number of hydrogen-bond acceptors (Lipinski definition) is 4. The van der Waals surface area contributed by atoms with Gasteiger partial charge in [0, 0.05) is 6.04 Å². The van der Waals surface area contributed by atoms with Gasteiger partial charge >= 0.3 is 11.8 Å². The van der Waals surface area contributed by atoms with Crippen LogP contribution in [0.4, 0.5) is 0 Å². The summed E-state index contributed by atoms with van der Waals surface area (Å²) in [6, 6.07) is 7.23. The third-order valence-corrected chi connectivity index (χ3v) is 2.65. The molecule has 22 heavy (non-hydrogen) atoms. The van der Waals surface area contributed by atoms with Gasteiger partial charge < -0.3 is 10.1 Å². The van der Waals surface area contributed by atoms with Crippen LogP contribution in [0.5, 0.6) is 5.75 Å². The lowest BCUT2D eigenvalue weighted by molar-refractivity contribution is -0.139. The van der Waals surface area contributed by atoms with Crippen LogP contribution in [-0.4, -0.2) is 30.7 Å². The van der Waals surface area contributed by atoms with E-state index in [1.807, 2.05) is 24.3 Å². The number of hydrazone groups is 1. The van der Waals surface area contributed by atoms with Gasteiger partial charge in [0.2, 0.25) is 0 Å². The number of nitrogens with one attached hydrogen (secondary N) is 2. The van der Waals surface area contributed by atoms with Crippen molar-refractivity contribution in [2.24, 2.45) is 5.10 Å². The molecule has 120 valence electrons. The maximum atomic E-state index is 11.4. The van der Waals surface area contributed by atoms with E-state index in [0.29, 0.717) is 6.61 Å². The van der Waals surface area contributed by atoms with E-state index in [4.69, 9.17) is 4.74 Å². The first-order valence-corrected chi connectivity index (χ1v) is 7.39. The lowest BCUT2D eigenvalue weighted by Crippen LogP contribution is -2.41. The number of unbranched alkanes of at least 4 members (excludes halogenated alkanes) is 1. The van der Waals surface area contributed by atoms with Gasteiger partial charge in [-0.15, -0.1) is 0 Å². The summed E-state index contributed by atoms with van der Waals surface area (Å²) >= 11 is 0. The van der Waals surface area contributed by atoms with Gasteiger partial charge in [0.25, 0.3) is 0 Å². The summed E-state index contributed by atoms with van der Waals surface area (Å²) < 4.78 is 5.55. The van der Waals surface area contributed by atoms with Crippen molar-refractivity contribution >= 4 is 18.0 Å². The van der Waals surface area contributed by atoms with Crippen molar-refractivity contribution in [1.29, 1.82) is 0 Å². The van der Waals surface area contributed by atoms with Crippen LogP contribution in [-0.2, 0) is 9.59 Å². The van der Waals surface area contributed by atoms with Crippen LogP contribution in [0.1, 0.15) is 39.2 Å². The highest BCUT2D eigenvalue weighted by molar-refractivity contribution is 6.35. The molecule has 0 aliphatic heterocycles. The molecule has 1 rings (SSSR count). The standard InChI is InChI=1S/C16H23N3O3/c1-4-5-10-22-14-8-6-13(7-9-14)11-17-19-16(21)15(20)18-12(2)3/h6-9,11-12H,4-5,10H2,1-3H3,(H,18,20)(H,19,21)/b17-11-. The van der Waals surface area contributed by atoms with Crippen molar-refractivity contribution < 1.29 is 14.3 Å². The predicted octanol–water partition coefficient (Wildman–Crippen LogP) is 1.84. The molecule has 2 N–H and O–H groups in total. The van der Waals surface area contributed by atoms with Crippen molar-refractivity contribution in [2.75, 3.05) is 6.61 Å². The van der Waals surface area contributed by atoms with Gasteiger partial charge in [0.1, 0.15) is 5.75 Å². The fourth-order valence-corrected chi connectivity index (χ4v) is 1.53. The molecule has 0 fully saturated rings. The van der Waals surface area contributed by atoms with Gasteiger partial charge in [0.15, 0.2) is 0 Å². The molecule has 2 amide bonds. The molecule has 0 heterocycles. The van der Waals surface area contributed by atoms with E-state index in [9.17, 15) is 9.59 Å². The topological polar surface area (TPSA) is 79.8 Å². The summed E-state index contributed by atoms with van der Waals surface area (Å²) in [7, 11) is 0. The summed E-state index contributed by atoms with van der Waals surface area (Å²) in [5.41, 5.74) is 2.98. The molecular weight excluding hydrogens is 282 g/mol. The van der Waals surface area contributed by atoms with Crippen molar-refractivity contribution in [1.82, 2.24) is 10.7 Å². The van der Waals surface area contributed by atoms with E-state index in [2.05, 4.69) is 22.8 Å². The zero-order valence-corrected chi connectivity index (χ0v) is 13.3. The molecule has 0 aliphatic rings. The first-order chi connectivity index (χ1) is 10.5. The average Bonchev–Trinajstić information content (AvgIpc) is 2.48. The Labute approximate surface area is 130 Å². The second kappa shape index (κ2) is 9.55. The molecular formula is C16H23N3O3. The summed E-state index contributed by atoms with van der Waals surface area (Å²) in [6.45, 7) is 6.36. The highest BCUT2D eigenvalue weighted by atomic mass is 16.5. The zero-order chi connectivity index (χ0) is 16.4. The van der Waals surface area contributed by atoms with Gasteiger partial charge in [-0.2, -0.15) is 5.10 Å². The van der Waals surface area contributed by atoms with Crippen LogP contribution >= 0.6 is 0 Å². The Kier molecular flexibility index (Phi) is 7.67. The fraction of sp³-hybridized carbons (Fsp3) is 0.438. The number of ether oxygens (including phenoxy) is 1. The second-order valence-electron chi connectivity index (χ2n) is 5.10. The molecule has 1 aromatic rings. The summed E-state index contributed by atoms with van der Waals surface area (Å²) in [5, 5.41) is 6.23.